The van der Waals surface area contributed by atoms with Crippen molar-refractivity contribution < 1.29 is 19.4 Å². The number of hydrogen-bond donors (Lipinski definition) is 1. The molecule has 4 nitrogen and oxygen atoms in total. The lowest BCUT2D eigenvalue weighted by molar-refractivity contribution is -0.137. The van der Waals surface area contributed by atoms with Crippen molar-refractivity contribution >= 4 is 5.97 Å². The van der Waals surface area contributed by atoms with Crippen molar-refractivity contribution in [2.45, 2.75) is 12.3 Å². The lowest BCUT2D eigenvalue weighted by atomic mass is 9.88. The van der Waals surface area contributed by atoms with Crippen molar-refractivity contribution in [2.24, 2.45) is 0 Å². The van der Waals surface area contributed by atoms with Gasteiger partial charge in [-0.05, 0) is 35.4 Å². The van der Waals surface area contributed by atoms with Crippen molar-refractivity contribution in [2.75, 3.05) is 14.2 Å². The van der Waals surface area contributed by atoms with E-state index in [-0.39, 0.29) is 12.3 Å². The van der Waals surface area contributed by atoms with Crippen LogP contribution in [-0.4, -0.2) is 25.3 Å². The summed E-state index contributed by atoms with van der Waals surface area (Å²) < 4.78 is 10.4. The molecular weight excluding hydrogens is 268 g/mol. The predicted molar refractivity (Wildman–Crippen MR) is 80.1 cm³/mol. The molecule has 4 heteroatoms. The summed E-state index contributed by atoms with van der Waals surface area (Å²) in [5.41, 5.74) is 1.85. The zero-order chi connectivity index (χ0) is 15.2. The van der Waals surface area contributed by atoms with Crippen LogP contribution in [0, 0.1) is 0 Å². The first kappa shape index (κ1) is 14.9. The molecule has 2 aromatic rings. The molecule has 0 radical (unpaired) electrons. The summed E-state index contributed by atoms with van der Waals surface area (Å²) in [6, 6.07) is 15.0. The van der Waals surface area contributed by atoms with Crippen molar-refractivity contribution in [1.82, 2.24) is 0 Å². The van der Waals surface area contributed by atoms with Crippen LogP contribution < -0.4 is 9.47 Å². The van der Waals surface area contributed by atoms with Gasteiger partial charge in [-0.1, -0.05) is 24.3 Å². The molecule has 0 spiro atoms. The van der Waals surface area contributed by atoms with Gasteiger partial charge in [0.1, 0.15) is 11.5 Å². The number of rotatable bonds is 6. The largest absolute Gasteiger partial charge is 0.497 e. The monoisotopic (exact) mass is 286 g/mol. The van der Waals surface area contributed by atoms with E-state index >= 15 is 0 Å². The van der Waals surface area contributed by atoms with Crippen LogP contribution in [0.2, 0.25) is 0 Å². The first-order chi connectivity index (χ1) is 10.1. The predicted octanol–water partition coefficient (Wildman–Crippen LogP) is 3.31. The number of aliphatic carboxylic acids is 1. The highest BCUT2D eigenvalue weighted by molar-refractivity contribution is 5.69. The summed E-state index contributed by atoms with van der Waals surface area (Å²) in [7, 11) is 3.20. The van der Waals surface area contributed by atoms with Crippen LogP contribution in [0.4, 0.5) is 0 Å². The molecule has 110 valence electrons. The Labute approximate surface area is 123 Å². The quantitative estimate of drug-likeness (QED) is 0.885. The summed E-state index contributed by atoms with van der Waals surface area (Å²) >= 11 is 0. The lowest BCUT2D eigenvalue weighted by Crippen LogP contribution is -2.08. The number of hydrogen-bond acceptors (Lipinski definition) is 3. The number of methoxy groups -OCH3 is 2. The van der Waals surface area contributed by atoms with Crippen LogP contribution in [0.5, 0.6) is 11.5 Å². The average molecular weight is 286 g/mol. The fraction of sp³-hybridized carbons (Fsp3) is 0.235. The summed E-state index contributed by atoms with van der Waals surface area (Å²) in [4.78, 5) is 11.2. The molecule has 2 aromatic carbocycles. The SMILES string of the molecule is COc1ccc(C(CC(=O)O)c2cccc(OC)c2)cc1. The molecule has 2 rings (SSSR count). The third-order valence-electron chi connectivity index (χ3n) is 3.39. The topological polar surface area (TPSA) is 55.8 Å². The molecule has 0 saturated carbocycles. The minimum atomic E-state index is -0.835. The zero-order valence-electron chi connectivity index (χ0n) is 12.1. The Hall–Kier alpha value is -2.49. The van der Waals surface area contributed by atoms with Crippen LogP contribution in [0.3, 0.4) is 0 Å². The van der Waals surface area contributed by atoms with Gasteiger partial charge < -0.3 is 14.6 Å². The van der Waals surface area contributed by atoms with E-state index < -0.39 is 5.97 Å². The van der Waals surface area contributed by atoms with E-state index in [1.807, 2.05) is 48.5 Å². The Morgan fingerprint density at radius 3 is 2.24 bits per heavy atom. The Morgan fingerprint density at radius 2 is 1.67 bits per heavy atom. The maximum absolute atomic E-state index is 11.2. The summed E-state index contributed by atoms with van der Waals surface area (Å²) in [5.74, 6) is 0.414. The Bertz CT molecular complexity index is 604. The molecule has 0 heterocycles. The van der Waals surface area contributed by atoms with Gasteiger partial charge in [0.25, 0.3) is 0 Å². The Morgan fingerprint density at radius 1 is 1.00 bits per heavy atom. The molecule has 21 heavy (non-hydrogen) atoms. The second-order valence-corrected chi connectivity index (χ2v) is 4.70. The van der Waals surface area contributed by atoms with Gasteiger partial charge in [0.05, 0.1) is 20.6 Å². The van der Waals surface area contributed by atoms with E-state index in [9.17, 15) is 9.90 Å². The molecule has 1 atom stereocenters. The van der Waals surface area contributed by atoms with E-state index in [1.165, 1.54) is 0 Å². The van der Waals surface area contributed by atoms with E-state index in [4.69, 9.17) is 9.47 Å². The van der Waals surface area contributed by atoms with Crippen molar-refractivity contribution in [3.63, 3.8) is 0 Å². The molecule has 0 fully saturated rings. The molecule has 0 aliphatic carbocycles. The van der Waals surface area contributed by atoms with E-state index in [2.05, 4.69) is 0 Å². The number of benzene rings is 2. The second kappa shape index (κ2) is 6.79. The Kier molecular flexibility index (Phi) is 4.82. The molecule has 0 saturated heterocycles. The van der Waals surface area contributed by atoms with E-state index in [1.54, 1.807) is 14.2 Å². The normalized spacial score (nSPS) is 11.7. The number of carboxylic acid groups (broad SMARTS) is 1. The van der Waals surface area contributed by atoms with Gasteiger partial charge in [-0.2, -0.15) is 0 Å². The number of carboxylic acids is 1. The lowest BCUT2D eigenvalue weighted by Gasteiger charge is -2.17. The van der Waals surface area contributed by atoms with Crippen LogP contribution in [0.1, 0.15) is 23.5 Å². The highest BCUT2D eigenvalue weighted by atomic mass is 16.5. The van der Waals surface area contributed by atoms with Crippen LogP contribution >= 0.6 is 0 Å². The van der Waals surface area contributed by atoms with Gasteiger partial charge in [-0.25, -0.2) is 0 Å². The first-order valence-corrected chi connectivity index (χ1v) is 6.63. The molecule has 1 N–H and O–H groups in total. The van der Waals surface area contributed by atoms with Gasteiger partial charge in [-0.15, -0.1) is 0 Å². The number of carbonyl (C=O) groups is 1. The molecule has 0 aliphatic rings. The van der Waals surface area contributed by atoms with E-state index in [0.29, 0.717) is 0 Å². The summed E-state index contributed by atoms with van der Waals surface area (Å²) in [6.45, 7) is 0. The fourth-order valence-corrected chi connectivity index (χ4v) is 2.30. The average Bonchev–Trinajstić information content (AvgIpc) is 2.52. The molecule has 0 aromatic heterocycles. The van der Waals surface area contributed by atoms with Crippen LogP contribution in [0.15, 0.2) is 48.5 Å². The summed E-state index contributed by atoms with van der Waals surface area (Å²) in [6.07, 6.45) is 0.0273. The van der Waals surface area contributed by atoms with Gasteiger partial charge in [-0.3, -0.25) is 4.79 Å². The standard InChI is InChI=1S/C17H18O4/c1-20-14-8-6-12(7-9-14)16(11-17(18)19)13-4-3-5-15(10-13)21-2/h3-10,16H,11H2,1-2H3,(H,18,19). The highest BCUT2D eigenvalue weighted by Gasteiger charge is 2.18. The first-order valence-electron chi connectivity index (χ1n) is 6.63. The minimum absolute atomic E-state index is 0.0273. The number of ether oxygens (including phenoxy) is 2. The maximum Gasteiger partial charge on any atom is 0.304 e. The zero-order valence-corrected chi connectivity index (χ0v) is 12.1. The highest BCUT2D eigenvalue weighted by Crippen LogP contribution is 2.31. The van der Waals surface area contributed by atoms with Crippen molar-refractivity contribution in [3.8, 4) is 11.5 Å². The Balaban J connectivity index is 2.38. The van der Waals surface area contributed by atoms with Gasteiger partial charge in [0.2, 0.25) is 0 Å². The van der Waals surface area contributed by atoms with Gasteiger partial charge in [0, 0.05) is 5.92 Å². The van der Waals surface area contributed by atoms with Crippen molar-refractivity contribution in [1.29, 1.82) is 0 Å². The third kappa shape index (κ3) is 3.75. The molecule has 0 bridgehead atoms. The smallest absolute Gasteiger partial charge is 0.304 e. The molecular formula is C17H18O4. The molecule has 1 unspecified atom stereocenters. The maximum atomic E-state index is 11.2. The van der Waals surface area contributed by atoms with Gasteiger partial charge in [0.15, 0.2) is 0 Å². The van der Waals surface area contributed by atoms with Crippen molar-refractivity contribution in [3.05, 3.63) is 59.7 Å². The third-order valence-corrected chi connectivity index (χ3v) is 3.39. The van der Waals surface area contributed by atoms with Gasteiger partial charge >= 0.3 is 5.97 Å². The van der Waals surface area contributed by atoms with Crippen LogP contribution in [0.25, 0.3) is 0 Å². The fourth-order valence-electron chi connectivity index (χ4n) is 2.30. The molecule has 0 aliphatic heterocycles. The molecule has 0 amide bonds. The van der Waals surface area contributed by atoms with Crippen LogP contribution in [-0.2, 0) is 4.79 Å². The summed E-state index contributed by atoms with van der Waals surface area (Å²) in [5, 5.41) is 9.18. The minimum Gasteiger partial charge on any atom is -0.497 e. The second-order valence-electron chi connectivity index (χ2n) is 4.70. The van der Waals surface area contributed by atoms with E-state index in [0.717, 1.165) is 22.6 Å².